The van der Waals surface area contributed by atoms with Gasteiger partial charge in [-0.2, -0.15) is 10.4 Å². The van der Waals surface area contributed by atoms with Gasteiger partial charge in [-0.1, -0.05) is 6.07 Å². The summed E-state index contributed by atoms with van der Waals surface area (Å²) < 4.78 is 36.0. The van der Waals surface area contributed by atoms with Gasteiger partial charge in [0.2, 0.25) is 5.88 Å². The van der Waals surface area contributed by atoms with Gasteiger partial charge in [-0.3, -0.25) is 10.00 Å². The lowest BCUT2D eigenvalue weighted by Crippen LogP contribution is -2.21. The molecule has 0 unspecified atom stereocenters. The van der Waals surface area contributed by atoms with Crippen LogP contribution in [0.3, 0.4) is 0 Å². The zero-order valence-electron chi connectivity index (χ0n) is 27.1. The second-order valence-corrected chi connectivity index (χ2v) is 11.3. The third-order valence-corrected chi connectivity index (χ3v) is 7.51. The maximum atomic E-state index is 14.4. The Kier molecular flexibility index (Phi) is 11.5. The molecule has 0 atom stereocenters. The van der Waals surface area contributed by atoms with Gasteiger partial charge in [-0.05, 0) is 95.3 Å². The quantitative estimate of drug-likeness (QED) is 0.0574. The molecule has 12 heteroatoms. The van der Waals surface area contributed by atoms with Crippen molar-refractivity contribution in [2.75, 3.05) is 20.2 Å². The van der Waals surface area contributed by atoms with Gasteiger partial charge in [-0.15, -0.1) is 0 Å². The standard InChI is InChI=1S/C35H38F2N8O2/c1-22(16-29(37)23(2)19-39)21-47-34-10-6-8-26(40-34)9-7-15-44(4)20-33-41-30-17-25(11-12-31(30)45(33)5)32(46)18-27-24(3)42-43-35(27)28(36)13-14-38/h6,8,10-14,16-18,38,46H,7,9,15,20-21H2,1-5H3,(H,42,43)/b22-16+,28-13+,29-23-,32-18+,38-14?. The molecule has 0 fully saturated rings. The molecule has 0 spiro atoms. The van der Waals surface area contributed by atoms with E-state index >= 15 is 0 Å². The van der Waals surface area contributed by atoms with Crippen molar-refractivity contribution < 1.29 is 18.6 Å². The number of rotatable bonds is 14. The molecule has 0 amide bonds. The number of aromatic amines is 1. The van der Waals surface area contributed by atoms with Crippen LogP contribution in [0.25, 0.3) is 28.7 Å². The minimum Gasteiger partial charge on any atom is -0.507 e. The van der Waals surface area contributed by atoms with Gasteiger partial charge >= 0.3 is 0 Å². The Morgan fingerprint density at radius 2 is 2.00 bits per heavy atom. The van der Waals surface area contributed by atoms with Gasteiger partial charge in [0.25, 0.3) is 0 Å². The van der Waals surface area contributed by atoms with Crippen molar-refractivity contribution in [1.29, 1.82) is 10.7 Å². The number of fused-ring (bicyclic) bond motifs is 1. The lowest BCUT2D eigenvalue weighted by atomic mass is 10.1. The number of pyridine rings is 1. The number of ether oxygens (including phenoxy) is 1. The number of nitriles is 1. The van der Waals surface area contributed by atoms with Gasteiger partial charge in [0.05, 0.1) is 29.2 Å². The van der Waals surface area contributed by atoms with Crippen LogP contribution in [0.2, 0.25) is 0 Å². The number of aryl methyl sites for hydroxylation is 3. The van der Waals surface area contributed by atoms with Crippen molar-refractivity contribution in [3.63, 3.8) is 0 Å². The molecule has 0 aliphatic rings. The molecular formula is C35H38F2N8O2. The van der Waals surface area contributed by atoms with Crippen LogP contribution < -0.4 is 4.74 Å². The molecule has 3 aromatic heterocycles. The molecular weight excluding hydrogens is 602 g/mol. The van der Waals surface area contributed by atoms with E-state index in [-0.39, 0.29) is 23.6 Å². The Bertz CT molecular complexity index is 1930. The van der Waals surface area contributed by atoms with Crippen molar-refractivity contribution in [2.45, 2.75) is 40.2 Å². The predicted molar refractivity (Wildman–Crippen MR) is 180 cm³/mol. The lowest BCUT2D eigenvalue weighted by molar-refractivity contribution is 0.310. The lowest BCUT2D eigenvalue weighted by Gasteiger charge is -2.16. The highest BCUT2D eigenvalue weighted by Gasteiger charge is 2.16. The summed E-state index contributed by atoms with van der Waals surface area (Å²) in [5.74, 6) is 0.0143. The van der Waals surface area contributed by atoms with Crippen molar-refractivity contribution in [1.82, 2.24) is 29.6 Å². The molecule has 0 saturated carbocycles. The van der Waals surface area contributed by atoms with Crippen LogP contribution in [0.5, 0.6) is 5.88 Å². The highest BCUT2D eigenvalue weighted by atomic mass is 19.1. The maximum absolute atomic E-state index is 14.4. The summed E-state index contributed by atoms with van der Waals surface area (Å²) >= 11 is 0. The molecule has 47 heavy (non-hydrogen) atoms. The van der Waals surface area contributed by atoms with Crippen molar-refractivity contribution >= 4 is 34.9 Å². The largest absolute Gasteiger partial charge is 0.507 e. The first kappa shape index (κ1) is 34.5. The van der Waals surface area contributed by atoms with Crippen LogP contribution in [0.15, 0.2) is 65.5 Å². The number of aromatic nitrogens is 5. The maximum Gasteiger partial charge on any atom is 0.213 e. The summed E-state index contributed by atoms with van der Waals surface area (Å²) in [6, 6.07) is 12.8. The number of H-pyrrole nitrogens is 1. The predicted octanol–water partition coefficient (Wildman–Crippen LogP) is 7.17. The van der Waals surface area contributed by atoms with Gasteiger partial charge in [0, 0.05) is 41.8 Å². The molecule has 0 aliphatic heterocycles. The molecule has 3 N–H and O–H groups in total. The zero-order chi connectivity index (χ0) is 34.1. The molecule has 244 valence electrons. The Hall–Kier alpha value is -5.41. The molecule has 4 rings (SSSR count). The molecule has 10 nitrogen and oxygen atoms in total. The second-order valence-electron chi connectivity index (χ2n) is 11.3. The number of hydrogen-bond donors (Lipinski definition) is 3. The number of aliphatic hydroxyl groups excluding tert-OH is 1. The Morgan fingerprint density at radius 3 is 2.74 bits per heavy atom. The third-order valence-electron chi connectivity index (χ3n) is 7.51. The number of halogens is 2. The van der Waals surface area contributed by atoms with Crippen LogP contribution in [-0.4, -0.2) is 61.2 Å². The summed E-state index contributed by atoms with van der Waals surface area (Å²) in [4.78, 5) is 11.6. The van der Waals surface area contributed by atoms with Crippen LogP contribution in [0.4, 0.5) is 8.78 Å². The van der Waals surface area contributed by atoms with Crippen LogP contribution in [-0.2, 0) is 20.0 Å². The number of nitrogens with zero attached hydrogens (tertiary/aromatic N) is 6. The third kappa shape index (κ3) is 8.86. The van der Waals surface area contributed by atoms with E-state index in [4.69, 9.17) is 20.4 Å². The summed E-state index contributed by atoms with van der Waals surface area (Å²) in [5, 5.41) is 33.5. The molecule has 4 aromatic rings. The Balaban J connectivity index is 1.36. The first-order valence-electron chi connectivity index (χ1n) is 15.0. The Morgan fingerprint density at radius 1 is 1.21 bits per heavy atom. The molecule has 0 saturated heterocycles. The summed E-state index contributed by atoms with van der Waals surface area (Å²) in [6.07, 6.45) is 6.19. The SMILES string of the molecule is C/C(C#N)=C(F)\C=C(/C)COc1cccc(CCCN(C)Cc2nc3cc(/C(O)=C\c4c(/C(F)=C\C=N)n[nH]c4C)ccc3n2C)n1. The van der Waals surface area contributed by atoms with Gasteiger partial charge in [0.1, 0.15) is 29.7 Å². The van der Waals surface area contributed by atoms with E-state index < -0.39 is 11.7 Å². The zero-order valence-corrected chi connectivity index (χ0v) is 27.1. The highest BCUT2D eigenvalue weighted by Crippen LogP contribution is 2.27. The van der Waals surface area contributed by atoms with Crippen molar-refractivity contribution in [3.8, 4) is 11.9 Å². The van der Waals surface area contributed by atoms with Crippen molar-refractivity contribution in [3.05, 3.63) is 99.6 Å². The fourth-order valence-electron chi connectivity index (χ4n) is 4.85. The fraction of sp³-hybridized carbons (Fsp3) is 0.286. The number of allylic oxidation sites excluding steroid dienone is 4. The minimum absolute atomic E-state index is 0.0218. The highest BCUT2D eigenvalue weighted by molar-refractivity contribution is 5.87. The molecule has 0 aliphatic carbocycles. The van der Waals surface area contributed by atoms with E-state index in [9.17, 15) is 13.9 Å². The number of hydrogen-bond acceptors (Lipinski definition) is 8. The van der Waals surface area contributed by atoms with Gasteiger partial charge < -0.3 is 19.8 Å². The molecule has 0 radical (unpaired) electrons. The number of nitrogens with one attached hydrogen (secondary N) is 2. The summed E-state index contributed by atoms with van der Waals surface area (Å²) in [5.41, 5.74) is 4.72. The fourth-order valence-corrected chi connectivity index (χ4v) is 4.85. The number of imidazole rings is 1. The number of benzene rings is 1. The minimum atomic E-state index is -0.675. The van der Waals surface area contributed by atoms with Gasteiger partial charge in [0.15, 0.2) is 5.83 Å². The summed E-state index contributed by atoms with van der Waals surface area (Å²) in [6.45, 7) is 6.45. The van der Waals surface area contributed by atoms with E-state index in [0.717, 1.165) is 54.2 Å². The van der Waals surface area contributed by atoms with E-state index in [1.165, 1.54) is 19.1 Å². The molecule has 1 aromatic carbocycles. The normalized spacial score (nSPS) is 13.2. The smallest absolute Gasteiger partial charge is 0.213 e. The first-order valence-corrected chi connectivity index (χ1v) is 15.0. The van der Waals surface area contributed by atoms with Crippen LogP contribution in [0, 0.1) is 23.7 Å². The van der Waals surface area contributed by atoms with Gasteiger partial charge in [-0.25, -0.2) is 18.7 Å². The second kappa shape index (κ2) is 15.7. The molecule has 3 heterocycles. The van der Waals surface area contributed by atoms with E-state index in [1.807, 2.05) is 36.9 Å². The average Bonchev–Trinajstić information content (AvgIpc) is 3.57. The van der Waals surface area contributed by atoms with E-state index in [0.29, 0.717) is 34.8 Å². The first-order chi connectivity index (χ1) is 22.5. The summed E-state index contributed by atoms with van der Waals surface area (Å²) in [7, 11) is 3.98. The van der Waals surface area contributed by atoms with E-state index in [2.05, 4.69) is 20.1 Å². The molecule has 0 bridgehead atoms. The van der Waals surface area contributed by atoms with Crippen molar-refractivity contribution in [2.24, 2.45) is 7.05 Å². The Labute approximate surface area is 272 Å². The number of aliphatic hydroxyl groups is 1. The van der Waals surface area contributed by atoms with Crippen LogP contribution in [0.1, 0.15) is 54.3 Å². The monoisotopic (exact) mass is 640 g/mol. The average molecular weight is 641 g/mol. The van der Waals surface area contributed by atoms with E-state index in [1.54, 1.807) is 38.1 Å². The topological polar surface area (TPSA) is 140 Å². The van der Waals surface area contributed by atoms with Crippen LogP contribution >= 0.6 is 0 Å².